The molecule has 5 heteroatoms. The summed E-state index contributed by atoms with van der Waals surface area (Å²) in [6, 6.07) is 14.4. The van der Waals surface area contributed by atoms with E-state index < -0.39 is 5.54 Å². The molecule has 1 aliphatic heterocycles. The second-order valence-corrected chi connectivity index (χ2v) is 6.19. The summed E-state index contributed by atoms with van der Waals surface area (Å²) in [5, 5.41) is 0. The predicted molar refractivity (Wildman–Crippen MR) is 86.9 cm³/mol. The lowest BCUT2D eigenvalue weighted by Gasteiger charge is -2.36. The van der Waals surface area contributed by atoms with Crippen LogP contribution in [-0.4, -0.2) is 12.5 Å². The third-order valence-electron chi connectivity index (χ3n) is 3.80. The Bertz CT molecular complexity index is 699. The third-order valence-corrected chi connectivity index (χ3v) is 4.33. The monoisotopic (exact) mass is 347 g/mol. The van der Waals surface area contributed by atoms with Crippen molar-refractivity contribution in [3.05, 3.63) is 64.4 Å². The molecule has 3 nitrogen and oxygen atoms in total. The molecule has 21 heavy (non-hydrogen) atoms. The molecule has 0 aromatic heterocycles. The van der Waals surface area contributed by atoms with Crippen LogP contribution in [-0.2, 0) is 5.54 Å². The molecular formula is C16H15BrFN3. The van der Waals surface area contributed by atoms with Gasteiger partial charge in [-0.25, -0.2) is 4.39 Å². The number of nitrogens with zero attached hydrogens (tertiary/aromatic N) is 2. The lowest BCUT2D eigenvalue weighted by molar-refractivity contribution is 0.525. The minimum atomic E-state index is -0.486. The zero-order valence-electron chi connectivity index (χ0n) is 11.6. The Morgan fingerprint density at radius 3 is 2.62 bits per heavy atom. The maximum atomic E-state index is 13.6. The Morgan fingerprint density at radius 1 is 1.24 bits per heavy atom. The molecule has 0 radical (unpaired) electrons. The van der Waals surface area contributed by atoms with Crippen LogP contribution in [0.2, 0.25) is 0 Å². The molecule has 1 heterocycles. The van der Waals surface area contributed by atoms with Crippen molar-refractivity contribution in [2.45, 2.75) is 12.5 Å². The van der Waals surface area contributed by atoms with Gasteiger partial charge in [-0.15, -0.1) is 0 Å². The quantitative estimate of drug-likeness (QED) is 0.900. The minimum absolute atomic E-state index is 0.255. The van der Waals surface area contributed by atoms with E-state index in [1.54, 1.807) is 12.1 Å². The van der Waals surface area contributed by atoms with E-state index in [-0.39, 0.29) is 5.82 Å². The molecule has 2 aromatic rings. The van der Waals surface area contributed by atoms with Crippen LogP contribution in [0.1, 0.15) is 12.5 Å². The fraction of sp³-hybridized carbons (Fsp3) is 0.188. The van der Waals surface area contributed by atoms with Crippen LogP contribution < -0.4 is 10.6 Å². The van der Waals surface area contributed by atoms with Gasteiger partial charge in [-0.05, 0) is 48.9 Å². The average Bonchev–Trinajstić information content (AvgIpc) is 2.77. The first kappa shape index (κ1) is 14.1. The van der Waals surface area contributed by atoms with Crippen LogP contribution in [0.4, 0.5) is 10.1 Å². The zero-order chi connectivity index (χ0) is 15.0. The number of anilines is 1. The van der Waals surface area contributed by atoms with Crippen molar-refractivity contribution in [1.82, 2.24) is 0 Å². The molecule has 1 atom stereocenters. The van der Waals surface area contributed by atoms with Gasteiger partial charge < -0.3 is 10.6 Å². The topological polar surface area (TPSA) is 41.6 Å². The summed E-state index contributed by atoms with van der Waals surface area (Å²) in [6.45, 7) is 2.52. The van der Waals surface area contributed by atoms with Crippen molar-refractivity contribution in [3.8, 4) is 0 Å². The summed E-state index contributed by atoms with van der Waals surface area (Å²) in [5.41, 5.74) is 7.37. The summed E-state index contributed by atoms with van der Waals surface area (Å²) in [5.74, 6) is 0.194. The van der Waals surface area contributed by atoms with Gasteiger partial charge >= 0.3 is 0 Å². The van der Waals surface area contributed by atoms with Crippen LogP contribution in [0.25, 0.3) is 0 Å². The van der Waals surface area contributed by atoms with Crippen molar-refractivity contribution >= 4 is 27.6 Å². The molecule has 2 N–H and O–H groups in total. The van der Waals surface area contributed by atoms with Crippen molar-refractivity contribution < 1.29 is 4.39 Å². The highest BCUT2D eigenvalue weighted by Gasteiger charge is 2.40. The van der Waals surface area contributed by atoms with Crippen LogP contribution in [0, 0.1) is 5.82 Å². The first-order chi connectivity index (χ1) is 10.0. The van der Waals surface area contributed by atoms with E-state index in [0.29, 0.717) is 12.5 Å². The molecule has 3 rings (SSSR count). The number of nitrogens with two attached hydrogens (primary N) is 1. The Hall–Kier alpha value is -1.88. The second kappa shape index (κ2) is 5.15. The van der Waals surface area contributed by atoms with Crippen LogP contribution in [0.15, 0.2) is 58.0 Å². The Kier molecular flexibility index (Phi) is 3.45. The fourth-order valence-electron chi connectivity index (χ4n) is 2.68. The van der Waals surface area contributed by atoms with E-state index in [1.165, 1.54) is 6.07 Å². The normalized spacial score (nSPS) is 21.5. The number of halogens is 2. The van der Waals surface area contributed by atoms with Gasteiger partial charge in [-0.2, -0.15) is 0 Å². The molecule has 0 aliphatic carbocycles. The number of guanidine groups is 1. The summed E-state index contributed by atoms with van der Waals surface area (Å²) >= 11 is 3.42. The van der Waals surface area contributed by atoms with Crippen molar-refractivity contribution in [2.24, 2.45) is 10.7 Å². The average molecular weight is 348 g/mol. The smallest absolute Gasteiger partial charge is 0.196 e. The Labute approximate surface area is 131 Å². The third kappa shape index (κ3) is 2.42. The Balaban J connectivity index is 2.07. The van der Waals surface area contributed by atoms with Crippen LogP contribution in [0.3, 0.4) is 0 Å². The van der Waals surface area contributed by atoms with Gasteiger partial charge in [-0.1, -0.05) is 28.1 Å². The first-order valence-corrected chi connectivity index (χ1v) is 7.42. The molecular weight excluding hydrogens is 333 g/mol. The van der Waals surface area contributed by atoms with Gasteiger partial charge in [0.15, 0.2) is 5.96 Å². The van der Waals surface area contributed by atoms with Crippen LogP contribution >= 0.6 is 15.9 Å². The van der Waals surface area contributed by atoms with Gasteiger partial charge in [0.05, 0.1) is 12.1 Å². The van der Waals surface area contributed by atoms with E-state index in [4.69, 9.17) is 5.73 Å². The molecule has 0 saturated carbocycles. The lowest BCUT2D eigenvalue weighted by Crippen LogP contribution is -2.47. The van der Waals surface area contributed by atoms with Crippen molar-refractivity contribution in [3.63, 3.8) is 0 Å². The standard InChI is InChI=1S/C16H15BrFN3/c1-16(11-3-2-4-13(18)9-11)10-20-15(19)21(16)14-7-5-12(17)6-8-14/h2-9H,10H2,1H3,(H2,19,20). The minimum Gasteiger partial charge on any atom is -0.369 e. The van der Waals surface area contributed by atoms with E-state index >= 15 is 0 Å². The summed E-state index contributed by atoms with van der Waals surface area (Å²) in [7, 11) is 0. The van der Waals surface area contributed by atoms with Crippen LogP contribution in [0.5, 0.6) is 0 Å². The maximum absolute atomic E-state index is 13.6. The van der Waals surface area contributed by atoms with Gasteiger partial charge in [-0.3, -0.25) is 4.99 Å². The molecule has 0 bridgehead atoms. The molecule has 0 amide bonds. The van der Waals surface area contributed by atoms with Gasteiger partial charge in [0, 0.05) is 10.2 Å². The molecule has 108 valence electrons. The lowest BCUT2D eigenvalue weighted by atomic mass is 9.90. The van der Waals surface area contributed by atoms with Crippen molar-refractivity contribution in [2.75, 3.05) is 11.4 Å². The first-order valence-electron chi connectivity index (χ1n) is 6.62. The van der Waals surface area contributed by atoms with E-state index in [2.05, 4.69) is 20.9 Å². The highest BCUT2D eigenvalue weighted by atomic mass is 79.9. The molecule has 0 spiro atoms. The van der Waals surface area contributed by atoms with Gasteiger partial charge in [0.25, 0.3) is 0 Å². The second-order valence-electron chi connectivity index (χ2n) is 5.27. The van der Waals surface area contributed by atoms with E-state index in [1.807, 2.05) is 42.2 Å². The summed E-state index contributed by atoms with van der Waals surface area (Å²) < 4.78 is 14.6. The van der Waals surface area contributed by atoms with Gasteiger partial charge in [0.2, 0.25) is 0 Å². The largest absolute Gasteiger partial charge is 0.369 e. The molecule has 2 aromatic carbocycles. The number of hydrogen-bond donors (Lipinski definition) is 1. The number of rotatable bonds is 2. The fourth-order valence-corrected chi connectivity index (χ4v) is 2.94. The number of hydrogen-bond acceptors (Lipinski definition) is 3. The number of benzene rings is 2. The molecule has 1 aliphatic rings. The summed E-state index contributed by atoms with van der Waals surface area (Å²) in [6.07, 6.45) is 0. The van der Waals surface area contributed by atoms with E-state index in [0.717, 1.165) is 15.7 Å². The Morgan fingerprint density at radius 2 is 1.95 bits per heavy atom. The highest BCUT2D eigenvalue weighted by molar-refractivity contribution is 9.10. The molecule has 0 saturated heterocycles. The number of aliphatic imine (C=N–C) groups is 1. The highest BCUT2D eigenvalue weighted by Crippen LogP contribution is 2.37. The molecule has 1 unspecified atom stereocenters. The van der Waals surface area contributed by atoms with Gasteiger partial charge in [0.1, 0.15) is 5.82 Å². The van der Waals surface area contributed by atoms with Crippen molar-refractivity contribution in [1.29, 1.82) is 0 Å². The predicted octanol–water partition coefficient (Wildman–Crippen LogP) is 3.64. The summed E-state index contributed by atoms with van der Waals surface area (Å²) in [4.78, 5) is 6.31. The SMILES string of the molecule is CC1(c2cccc(F)c2)CN=C(N)N1c1ccc(Br)cc1. The van der Waals surface area contributed by atoms with E-state index in [9.17, 15) is 4.39 Å². The maximum Gasteiger partial charge on any atom is 0.196 e. The zero-order valence-corrected chi connectivity index (χ0v) is 13.1. The molecule has 0 fully saturated rings.